The van der Waals surface area contributed by atoms with Gasteiger partial charge in [-0.2, -0.15) is 5.90 Å². The molecule has 0 aromatic heterocycles. The summed E-state index contributed by atoms with van der Waals surface area (Å²) in [5.41, 5.74) is 0.832. The maximum Gasteiger partial charge on any atom is 0.498 e. The minimum absolute atomic E-state index is 0.382. The van der Waals surface area contributed by atoms with Crippen LogP contribution in [-0.4, -0.2) is 18.3 Å². The van der Waals surface area contributed by atoms with Crippen LogP contribution in [0.4, 0.5) is 0 Å². The zero-order valence-electron chi connectivity index (χ0n) is 11.6. The first-order valence-corrected chi connectivity index (χ1v) is 5.71. The van der Waals surface area contributed by atoms with E-state index in [1.807, 2.05) is 34.6 Å². The van der Waals surface area contributed by atoms with E-state index < -0.39 is 7.12 Å². The summed E-state index contributed by atoms with van der Waals surface area (Å²) in [5, 5.41) is 0. The fourth-order valence-electron chi connectivity index (χ4n) is 1.69. The molecule has 4 nitrogen and oxygen atoms in total. The summed E-state index contributed by atoms with van der Waals surface area (Å²) < 4.78 is 11.9. The Labute approximate surface area is 104 Å². The molecule has 0 aliphatic carbocycles. The Morgan fingerprint density at radius 3 is 1.82 bits per heavy atom. The van der Waals surface area contributed by atoms with Gasteiger partial charge in [0.25, 0.3) is 0 Å². The van der Waals surface area contributed by atoms with Gasteiger partial charge < -0.3 is 14.1 Å². The zero-order valence-corrected chi connectivity index (χ0v) is 11.6. The Kier molecular flexibility index (Phi) is 3.76. The first-order chi connectivity index (χ1) is 7.62. The van der Waals surface area contributed by atoms with Gasteiger partial charge >= 0.3 is 7.12 Å². The van der Waals surface area contributed by atoms with Gasteiger partial charge in [0.2, 0.25) is 0 Å². The Morgan fingerprint density at radius 2 is 1.53 bits per heavy atom. The lowest BCUT2D eigenvalue weighted by Crippen LogP contribution is -2.41. The Hall–Kier alpha value is -0.775. The van der Waals surface area contributed by atoms with Crippen molar-refractivity contribution in [3.63, 3.8) is 0 Å². The molecule has 2 N–H and O–H groups in total. The van der Waals surface area contributed by atoms with Crippen molar-refractivity contribution in [2.75, 3.05) is 0 Å². The molecular weight excluding hydrogens is 217 g/mol. The highest BCUT2D eigenvalue weighted by atomic mass is 16.7. The van der Waals surface area contributed by atoms with Crippen LogP contribution < -0.4 is 5.90 Å². The van der Waals surface area contributed by atoms with Crippen molar-refractivity contribution < 1.29 is 14.1 Å². The molecule has 1 aliphatic rings. The van der Waals surface area contributed by atoms with E-state index in [1.54, 1.807) is 6.92 Å². The molecule has 96 valence electrons. The number of nitrogens with two attached hydrogens (primary N) is 1. The van der Waals surface area contributed by atoms with Crippen molar-refractivity contribution in [3.8, 4) is 0 Å². The van der Waals surface area contributed by atoms with Crippen LogP contribution in [0.5, 0.6) is 0 Å². The summed E-state index contributed by atoms with van der Waals surface area (Å²) in [6, 6.07) is 0. The van der Waals surface area contributed by atoms with Crippen LogP contribution >= 0.6 is 0 Å². The smallest absolute Gasteiger partial charge is 0.417 e. The minimum Gasteiger partial charge on any atom is -0.417 e. The highest BCUT2D eigenvalue weighted by molar-refractivity contribution is 6.56. The third kappa shape index (κ3) is 2.56. The summed E-state index contributed by atoms with van der Waals surface area (Å²) in [6.07, 6.45) is 0. The predicted molar refractivity (Wildman–Crippen MR) is 68.9 cm³/mol. The van der Waals surface area contributed by atoms with Crippen LogP contribution in [0.25, 0.3) is 0 Å². The standard InChI is InChI=1S/C12H22BNO3/c1-8(2)10(9(3)15-14)13-16-11(4,5)12(6,7)17-13/h1,14H2,2-7H3/b10-9+. The molecule has 1 fully saturated rings. The molecule has 1 saturated heterocycles. The van der Waals surface area contributed by atoms with Crippen molar-refractivity contribution >= 4 is 7.12 Å². The lowest BCUT2D eigenvalue weighted by Gasteiger charge is -2.32. The summed E-state index contributed by atoms with van der Waals surface area (Å²) in [4.78, 5) is 4.78. The van der Waals surface area contributed by atoms with Gasteiger partial charge in [-0.05, 0) is 41.5 Å². The third-order valence-electron chi connectivity index (χ3n) is 3.50. The molecule has 0 bridgehead atoms. The zero-order chi connectivity index (χ0) is 13.4. The lowest BCUT2D eigenvalue weighted by molar-refractivity contribution is 0.00578. The largest absolute Gasteiger partial charge is 0.498 e. The van der Waals surface area contributed by atoms with Crippen molar-refractivity contribution in [3.05, 3.63) is 23.4 Å². The van der Waals surface area contributed by atoms with E-state index >= 15 is 0 Å². The maximum absolute atomic E-state index is 5.93. The Balaban J connectivity index is 3.08. The molecule has 0 saturated carbocycles. The average Bonchev–Trinajstić information content (AvgIpc) is 2.34. The monoisotopic (exact) mass is 239 g/mol. The number of allylic oxidation sites excluding steroid dienone is 3. The van der Waals surface area contributed by atoms with E-state index in [0.29, 0.717) is 5.76 Å². The van der Waals surface area contributed by atoms with Gasteiger partial charge in [-0.25, -0.2) is 0 Å². The van der Waals surface area contributed by atoms with Crippen molar-refractivity contribution in [2.24, 2.45) is 5.90 Å². The van der Waals surface area contributed by atoms with Crippen LogP contribution in [0, 0.1) is 0 Å². The van der Waals surface area contributed by atoms with Gasteiger partial charge in [-0.15, -0.1) is 0 Å². The second kappa shape index (κ2) is 4.48. The normalized spacial score (nSPS) is 23.4. The molecule has 1 aliphatic heterocycles. The Bertz CT molecular complexity index is 345. The number of hydrogen-bond donors (Lipinski definition) is 1. The van der Waals surface area contributed by atoms with E-state index in [2.05, 4.69) is 6.58 Å². The summed E-state index contributed by atoms with van der Waals surface area (Å²) in [6.45, 7) is 15.6. The topological polar surface area (TPSA) is 53.7 Å². The van der Waals surface area contributed by atoms with Crippen molar-refractivity contribution in [2.45, 2.75) is 52.7 Å². The van der Waals surface area contributed by atoms with Gasteiger partial charge in [-0.3, -0.25) is 0 Å². The molecule has 5 heteroatoms. The van der Waals surface area contributed by atoms with Crippen LogP contribution in [0.1, 0.15) is 41.5 Å². The van der Waals surface area contributed by atoms with Crippen molar-refractivity contribution in [1.82, 2.24) is 0 Å². The molecule has 0 spiro atoms. The van der Waals surface area contributed by atoms with Gasteiger partial charge in [0.1, 0.15) is 5.76 Å². The predicted octanol–water partition coefficient (Wildman–Crippen LogP) is 2.36. The Morgan fingerprint density at radius 1 is 1.12 bits per heavy atom. The van der Waals surface area contributed by atoms with Crippen LogP contribution in [0.2, 0.25) is 0 Å². The van der Waals surface area contributed by atoms with Gasteiger partial charge in [-0.1, -0.05) is 12.2 Å². The van der Waals surface area contributed by atoms with Gasteiger partial charge in [0.15, 0.2) is 0 Å². The summed E-state index contributed by atoms with van der Waals surface area (Å²) in [7, 11) is -0.485. The molecule has 1 rings (SSSR count). The molecule has 0 radical (unpaired) electrons. The highest BCUT2D eigenvalue weighted by Crippen LogP contribution is 2.40. The molecule has 0 aromatic rings. The van der Waals surface area contributed by atoms with E-state index in [0.717, 1.165) is 11.0 Å². The molecule has 0 amide bonds. The van der Waals surface area contributed by atoms with Crippen molar-refractivity contribution in [1.29, 1.82) is 0 Å². The first kappa shape index (κ1) is 14.3. The van der Waals surface area contributed by atoms with E-state index in [-0.39, 0.29) is 11.2 Å². The van der Waals surface area contributed by atoms with Gasteiger partial charge in [0.05, 0.1) is 11.2 Å². The van der Waals surface area contributed by atoms with E-state index in [1.165, 1.54) is 0 Å². The minimum atomic E-state index is -0.485. The second-order valence-corrected chi connectivity index (χ2v) is 5.46. The average molecular weight is 239 g/mol. The fraction of sp³-hybridized carbons (Fsp3) is 0.667. The van der Waals surface area contributed by atoms with E-state index in [4.69, 9.17) is 20.0 Å². The molecule has 0 unspecified atom stereocenters. The third-order valence-corrected chi connectivity index (χ3v) is 3.50. The molecule has 1 heterocycles. The van der Waals surface area contributed by atoms with Crippen LogP contribution in [0.3, 0.4) is 0 Å². The second-order valence-electron chi connectivity index (χ2n) is 5.46. The number of rotatable bonds is 3. The number of hydrogen-bond acceptors (Lipinski definition) is 4. The first-order valence-electron chi connectivity index (χ1n) is 5.71. The summed E-state index contributed by atoms with van der Waals surface area (Å²) in [5.74, 6) is 5.77. The maximum atomic E-state index is 5.93. The lowest BCUT2D eigenvalue weighted by atomic mass is 9.74. The van der Waals surface area contributed by atoms with Crippen LogP contribution in [-0.2, 0) is 14.1 Å². The quantitative estimate of drug-likeness (QED) is 0.355. The van der Waals surface area contributed by atoms with Crippen LogP contribution in [0.15, 0.2) is 23.4 Å². The summed E-state index contributed by atoms with van der Waals surface area (Å²) >= 11 is 0. The molecule has 0 aromatic carbocycles. The molecule has 0 atom stereocenters. The van der Waals surface area contributed by atoms with E-state index in [9.17, 15) is 0 Å². The molecular formula is C12H22BNO3. The SMILES string of the molecule is C=C(C)/C(B1OC(C)(C)C(C)(C)O1)=C(/C)ON. The molecule has 17 heavy (non-hydrogen) atoms. The fourth-order valence-corrected chi connectivity index (χ4v) is 1.69. The highest BCUT2D eigenvalue weighted by Gasteiger charge is 2.53. The van der Waals surface area contributed by atoms with Gasteiger partial charge in [0, 0.05) is 5.47 Å².